The number of nitrogens with zero attached hydrogens (tertiary/aromatic N) is 4. The molecule has 1 saturated heterocycles. The molecule has 12 heteroatoms. The summed E-state index contributed by atoms with van der Waals surface area (Å²) in [5, 5.41) is 33.1. The number of benzene rings is 3. The van der Waals surface area contributed by atoms with Gasteiger partial charge in [0.05, 0.1) is 30.3 Å². The van der Waals surface area contributed by atoms with E-state index in [0.717, 1.165) is 5.56 Å². The Hall–Kier alpha value is -5.07. The Bertz CT molecular complexity index is 1630. The summed E-state index contributed by atoms with van der Waals surface area (Å²) in [4.78, 5) is 54.5. The second-order valence-corrected chi connectivity index (χ2v) is 11.0. The van der Waals surface area contributed by atoms with Crippen molar-refractivity contribution in [1.29, 1.82) is 0 Å². The van der Waals surface area contributed by atoms with Crippen molar-refractivity contribution in [2.24, 2.45) is 5.92 Å². The summed E-state index contributed by atoms with van der Waals surface area (Å²) in [6.07, 6.45) is 2.61. The Labute approximate surface area is 259 Å². The first-order chi connectivity index (χ1) is 21.6. The first-order valence-corrected chi connectivity index (χ1v) is 14.6. The number of aliphatic hydroxyl groups is 2. The van der Waals surface area contributed by atoms with E-state index in [2.05, 4.69) is 0 Å². The third-order valence-electron chi connectivity index (χ3n) is 8.10. The SMILES string of the molecule is C[C@@H](/C=C/CC(=O)N(CCO)Cc1ccccc1)[C@]1(O)C(=O)N(Cc2cccc(N3CCOC3=O)c2)c2ccc([N+](=O)[O-])cc21. The van der Waals surface area contributed by atoms with E-state index in [9.17, 15) is 34.7 Å². The van der Waals surface area contributed by atoms with Gasteiger partial charge in [-0.3, -0.25) is 24.6 Å². The Morgan fingerprint density at radius 2 is 1.87 bits per heavy atom. The Morgan fingerprint density at radius 1 is 1.11 bits per heavy atom. The number of aliphatic hydroxyl groups excluding tert-OH is 1. The van der Waals surface area contributed by atoms with Gasteiger partial charge in [0.15, 0.2) is 5.60 Å². The number of fused-ring (bicyclic) bond motifs is 1. The minimum atomic E-state index is -2.15. The second-order valence-electron chi connectivity index (χ2n) is 11.0. The van der Waals surface area contributed by atoms with Crippen molar-refractivity contribution in [3.05, 3.63) is 112 Å². The summed E-state index contributed by atoms with van der Waals surface area (Å²) in [6.45, 7) is 2.57. The summed E-state index contributed by atoms with van der Waals surface area (Å²) < 4.78 is 5.03. The van der Waals surface area contributed by atoms with Crippen molar-refractivity contribution < 1.29 is 34.3 Å². The molecule has 234 valence electrons. The van der Waals surface area contributed by atoms with Crippen LogP contribution in [0.1, 0.15) is 30.0 Å². The standard InChI is InChI=1S/C33H34N4O8/c1-23(7-5-12-30(39)34(15-17-38)21-24-8-3-2-4-9-24)33(42)28-20-27(37(43)44)13-14-29(28)36(31(33)40)22-25-10-6-11-26(19-25)35-16-18-45-32(35)41/h2-11,13-14,19-20,23,38,42H,12,15-18,21-22H2,1H3/b7-5+/t23-,33+/m0/s1. The number of non-ortho nitro benzene ring substituents is 1. The number of nitro benzene ring substituents is 1. The van der Waals surface area contributed by atoms with Crippen molar-refractivity contribution in [1.82, 2.24) is 4.90 Å². The van der Waals surface area contributed by atoms with E-state index in [1.165, 1.54) is 32.9 Å². The van der Waals surface area contributed by atoms with E-state index >= 15 is 0 Å². The van der Waals surface area contributed by atoms with Crippen LogP contribution in [0.4, 0.5) is 21.9 Å². The number of anilines is 2. The third-order valence-corrected chi connectivity index (χ3v) is 8.10. The average Bonchev–Trinajstić information content (AvgIpc) is 3.56. The number of hydrogen-bond acceptors (Lipinski definition) is 8. The summed E-state index contributed by atoms with van der Waals surface area (Å²) in [7, 11) is 0. The van der Waals surface area contributed by atoms with Crippen molar-refractivity contribution in [2.75, 3.05) is 36.1 Å². The fraction of sp³-hybridized carbons (Fsp3) is 0.303. The van der Waals surface area contributed by atoms with E-state index < -0.39 is 28.4 Å². The van der Waals surface area contributed by atoms with Crippen molar-refractivity contribution in [3.63, 3.8) is 0 Å². The van der Waals surface area contributed by atoms with Gasteiger partial charge in [0.2, 0.25) is 5.91 Å². The number of nitro groups is 1. The molecule has 0 spiro atoms. The lowest BCUT2D eigenvalue weighted by atomic mass is 9.82. The molecular weight excluding hydrogens is 580 g/mol. The van der Waals surface area contributed by atoms with Gasteiger partial charge in [0, 0.05) is 48.8 Å². The van der Waals surface area contributed by atoms with Crippen molar-refractivity contribution >= 4 is 35.0 Å². The van der Waals surface area contributed by atoms with Crippen molar-refractivity contribution in [3.8, 4) is 0 Å². The number of hydrogen-bond donors (Lipinski definition) is 2. The highest BCUT2D eigenvalue weighted by molar-refractivity contribution is 6.07. The minimum Gasteiger partial charge on any atom is -0.447 e. The molecule has 2 heterocycles. The van der Waals surface area contributed by atoms with E-state index in [4.69, 9.17) is 4.74 Å². The number of amides is 3. The molecule has 0 unspecified atom stereocenters. The summed E-state index contributed by atoms with van der Waals surface area (Å²) >= 11 is 0. The van der Waals surface area contributed by atoms with Gasteiger partial charge in [-0.05, 0) is 29.3 Å². The number of rotatable bonds is 12. The van der Waals surface area contributed by atoms with E-state index in [1.807, 2.05) is 30.3 Å². The first kappa shape index (κ1) is 31.4. The zero-order valence-electron chi connectivity index (χ0n) is 24.7. The van der Waals surface area contributed by atoms with Crippen LogP contribution in [-0.2, 0) is 33.0 Å². The zero-order chi connectivity index (χ0) is 32.1. The zero-order valence-corrected chi connectivity index (χ0v) is 24.7. The molecule has 3 amide bonds. The number of cyclic esters (lactones) is 1. The summed E-state index contributed by atoms with van der Waals surface area (Å²) in [5.41, 5.74) is 0.180. The quantitative estimate of drug-likeness (QED) is 0.177. The maximum Gasteiger partial charge on any atom is 0.414 e. The van der Waals surface area contributed by atoms with Crippen LogP contribution in [0.5, 0.6) is 0 Å². The van der Waals surface area contributed by atoms with Crippen LogP contribution in [0.2, 0.25) is 0 Å². The van der Waals surface area contributed by atoms with Crippen LogP contribution in [0.3, 0.4) is 0 Å². The maximum absolute atomic E-state index is 14.0. The van der Waals surface area contributed by atoms with E-state index in [-0.39, 0.29) is 49.9 Å². The highest BCUT2D eigenvalue weighted by Gasteiger charge is 2.53. The van der Waals surface area contributed by atoms with Gasteiger partial charge in [0.1, 0.15) is 6.61 Å². The van der Waals surface area contributed by atoms with Gasteiger partial charge in [-0.25, -0.2) is 4.79 Å². The van der Waals surface area contributed by atoms with Gasteiger partial charge >= 0.3 is 6.09 Å². The van der Waals surface area contributed by atoms with Gasteiger partial charge in [-0.2, -0.15) is 0 Å². The Morgan fingerprint density at radius 3 is 2.56 bits per heavy atom. The normalized spacial score (nSPS) is 18.3. The lowest BCUT2D eigenvalue weighted by Crippen LogP contribution is -2.44. The largest absolute Gasteiger partial charge is 0.447 e. The lowest BCUT2D eigenvalue weighted by Gasteiger charge is -2.28. The predicted octanol–water partition coefficient (Wildman–Crippen LogP) is 3.89. The Balaban J connectivity index is 1.38. The second kappa shape index (κ2) is 13.3. The number of carbonyl (C=O) groups excluding carboxylic acids is 3. The number of ether oxygens (including phenoxy) is 1. The minimum absolute atomic E-state index is 0.0349. The van der Waals surface area contributed by atoms with Crippen LogP contribution in [0.25, 0.3) is 0 Å². The monoisotopic (exact) mass is 614 g/mol. The highest BCUT2D eigenvalue weighted by atomic mass is 16.6. The molecule has 2 N–H and O–H groups in total. The molecule has 5 rings (SSSR count). The van der Waals surface area contributed by atoms with Gasteiger partial charge in [-0.1, -0.05) is 61.5 Å². The molecule has 2 atom stereocenters. The van der Waals surface area contributed by atoms with Crippen molar-refractivity contribution in [2.45, 2.75) is 32.0 Å². The molecule has 3 aromatic carbocycles. The maximum atomic E-state index is 14.0. The van der Waals surface area contributed by atoms with Crippen LogP contribution < -0.4 is 9.80 Å². The number of carbonyl (C=O) groups is 3. The predicted molar refractivity (Wildman–Crippen MR) is 165 cm³/mol. The molecule has 0 aromatic heterocycles. The molecular formula is C33H34N4O8. The first-order valence-electron chi connectivity index (χ1n) is 14.6. The summed E-state index contributed by atoms with van der Waals surface area (Å²) in [6, 6.07) is 20.3. The van der Waals surface area contributed by atoms with Crippen LogP contribution in [0.15, 0.2) is 84.9 Å². The van der Waals surface area contributed by atoms with Crippen LogP contribution in [0, 0.1) is 16.0 Å². The molecule has 12 nitrogen and oxygen atoms in total. The smallest absolute Gasteiger partial charge is 0.414 e. The van der Waals surface area contributed by atoms with Gasteiger partial charge < -0.3 is 24.7 Å². The third kappa shape index (κ3) is 6.42. The molecule has 3 aromatic rings. The topological polar surface area (TPSA) is 154 Å². The summed E-state index contributed by atoms with van der Waals surface area (Å²) in [5.74, 6) is -1.78. The Kier molecular flexibility index (Phi) is 9.26. The van der Waals surface area contributed by atoms with Crippen LogP contribution >= 0.6 is 0 Å². The van der Waals surface area contributed by atoms with Crippen LogP contribution in [-0.4, -0.2) is 64.2 Å². The van der Waals surface area contributed by atoms with E-state index in [0.29, 0.717) is 30.0 Å². The average molecular weight is 615 g/mol. The van der Waals surface area contributed by atoms with E-state index in [1.54, 1.807) is 43.3 Å². The van der Waals surface area contributed by atoms with Gasteiger partial charge in [-0.15, -0.1) is 0 Å². The molecule has 0 saturated carbocycles. The fourth-order valence-corrected chi connectivity index (χ4v) is 5.70. The van der Waals surface area contributed by atoms with Gasteiger partial charge in [0.25, 0.3) is 11.6 Å². The molecule has 0 radical (unpaired) electrons. The highest BCUT2D eigenvalue weighted by Crippen LogP contribution is 2.47. The molecule has 0 bridgehead atoms. The fourth-order valence-electron chi connectivity index (χ4n) is 5.70. The molecule has 1 fully saturated rings. The molecule has 0 aliphatic carbocycles. The lowest BCUT2D eigenvalue weighted by molar-refractivity contribution is -0.385. The molecule has 45 heavy (non-hydrogen) atoms. The molecule has 2 aliphatic heterocycles. The molecule has 2 aliphatic rings.